The number of nitrogens with zero attached hydrogens (tertiary/aromatic N) is 3. The highest BCUT2D eigenvalue weighted by molar-refractivity contribution is 5.91. The van der Waals surface area contributed by atoms with E-state index in [0.717, 1.165) is 51.4 Å². The van der Waals surface area contributed by atoms with Gasteiger partial charge in [-0.2, -0.15) is 0 Å². The number of nitrogens with one attached hydrogen (secondary N) is 1. The summed E-state index contributed by atoms with van der Waals surface area (Å²) in [4.78, 5) is 22.6. The van der Waals surface area contributed by atoms with E-state index >= 15 is 0 Å². The van der Waals surface area contributed by atoms with Crippen LogP contribution in [0.5, 0.6) is 0 Å². The second kappa shape index (κ2) is 7.79. The van der Waals surface area contributed by atoms with Gasteiger partial charge in [-0.15, -0.1) is 0 Å². The van der Waals surface area contributed by atoms with Gasteiger partial charge in [0.05, 0.1) is 0 Å². The summed E-state index contributed by atoms with van der Waals surface area (Å²) in [5, 5.41) is 0. The maximum atomic E-state index is 12.5. The average Bonchev–Trinajstić information content (AvgIpc) is 2.96. The molecule has 1 N–H and O–H groups in total. The molecule has 0 saturated carbocycles. The number of aromatic amines is 1. The smallest absolute Gasteiger partial charge is 0.246 e. The van der Waals surface area contributed by atoms with Gasteiger partial charge in [0.2, 0.25) is 5.91 Å². The van der Waals surface area contributed by atoms with Gasteiger partial charge < -0.3 is 14.8 Å². The Balaban J connectivity index is 1.59. The molecule has 1 amide bonds. The van der Waals surface area contributed by atoms with E-state index in [4.69, 9.17) is 0 Å². The molecular formula is C18H28N4O. The van der Waals surface area contributed by atoms with Gasteiger partial charge in [-0.1, -0.05) is 6.42 Å². The second-order valence-electron chi connectivity index (χ2n) is 6.73. The zero-order chi connectivity index (χ0) is 16.1. The summed E-state index contributed by atoms with van der Waals surface area (Å²) >= 11 is 0. The van der Waals surface area contributed by atoms with Crippen molar-refractivity contribution in [3.05, 3.63) is 30.1 Å². The zero-order valence-electron chi connectivity index (χ0n) is 14.1. The van der Waals surface area contributed by atoms with Gasteiger partial charge in [0.15, 0.2) is 0 Å². The SMILES string of the molecule is CN1CCN(C2CCCCN(C(=O)/C=C/c3ccc[nH]3)C2)CC1. The standard InChI is InChI=1S/C18H28N4O/c1-20-11-13-21(14-12-20)17-6-2-3-10-22(15-17)18(23)8-7-16-5-4-9-19-16/h4-5,7-9,17,19H,2-3,6,10-15H2,1H3/b8-7+. The fraction of sp³-hybridized carbons (Fsp3) is 0.611. The Hall–Kier alpha value is -1.59. The van der Waals surface area contributed by atoms with Crippen molar-refractivity contribution in [2.45, 2.75) is 25.3 Å². The fourth-order valence-electron chi connectivity index (χ4n) is 3.52. The van der Waals surface area contributed by atoms with E-state index in [0.29, 0.717) is 6.04 Å². The first kappa shape index (κ1) is 16.3. The summed E-state index contributed by atoms with van der Waals surface area (Å²) in [5.41, 5.74) is 0.976. The molecule has 1 aromatic heterocycles. The molecular weight excluding hydrogens is 288 g/mol. The van der Waals surface area contributed by atoms with Crippen LogP contribution in [-0.2, 0) is 4.79 Å². The average molecular weight is 316 g/mol. The van der Waals surface area contributed by atoms with Crippen molar-refractivity contribution in [3.8, 4) is 0 Å². The molecule has 0 aromatic carbocycles. The van der Waals surface area contributed by atoms with E-state index in [1.54, 1.807) is 6.08 Å². The van der Waals surface area contributed by atoms with E-state index in [-0.39, 0.29) is 5.91 Å². The van der Waals surface area contributed by atoms with Gasteiger partial charge in [-0.05, 0) is 38.1 Å². The highest BCUT2D eigenvalue weighted by atomic mass is 16.2. The molecule has 1 atom stereocenters. The van der Waals surface area contributed by atoms with Crippen LogP contribution in [0.2, 0.25) is 0 Å². The lowest BCUT2D eigenvalue weighted by Gasteiger charge is -2.39. The maximum Gasteiger partial charge on any atom is 0.246 e. The minimum absolute atomic E-state index is 0.139. The Morgan fingerprint density at radius 2 is 2.04 bits per heavy atom. The number of aromatic nitrogens is 1. The lowest BCUT2D eigenvalue weighted by Crippen LogP contribution is -2.52. The quantitative estimate of drug-likeness (QED) is 0.863. The van der Waals surface area contributed by atoms with Crippen molar-refractivity contribution in [1.29, 1.82) is 0 Å². The third kappa shape index (κ3) is 4.45. The summed E-state index contributed by atoms with van der Waals surface area (Å²) in [6.45, 7) is 6.28. The summed E-state index contributed by atoms with van der Waals surface area (Å²) in [7, 11) is 2.19. The summed E-state index contributed by atoms with van der Waals surface area (Å²) < 4.78 is 0. The van der Waals surface area contributed by atoms with Crippen LogP contribution in [0.15, 0.2) is 24.4 Å². The van der Waals surface area contributed by atoms with Crippen molar-refractivity contribution < 1.29 is 4.79 Å². The van der Waals surface area contributed by atoms with Gasteiger partial charge in [0, 0.05) is 63.3 Å². The number of H-pyrrole nitrogens is 1. The van der Waals surface area contributed by atoms with Gasteiger partial charge in [0.1, 0.15) is 0 Å². The molecule has 0 radical (unpaired) electrons. The first-order valence-electron chi connectivity index (χ1n) is 8.75. The predicted molar refractivity (Wildman–Crippen MR) is 93.1 cm³/mol. The number of carbonyl (C=O) groups is 1. The molecule has 23 heavy (non-hydrogen) atoms. The predicted octanol–water partition coefficient (Wildman–Crippen LogP) is 1.66. The molecule has 1 aromatic rings. The van der Waals surface area contributed by atoms with E-state index < -0.39 is 0 Å². The van der Waals surface area contributed by atoms with Crippen molar-refractivity contribution in [2.75, 3.05) is 46.3 Å². The number of rotatable bonds is 3. The van der Waals surface area contributed by atoms with Gasteiger partial charge in [-0.25, -0.2) is 0 Å². The lowest BCUT2D eigenvalue weighted by atomic mass is 10.1. The Labute approximate surface area is 138 Å². The molecule has 2 aliphatic heterocycles. The number of likely N-dealkylation sites (tertiary alicyclic amines) is 1. The van der Waals surface area contributed by atoms with Crippen molar-refractivity contribution in [3.63, 3.8) is 0 Å². The van der Waals surface area contributed by atoms with E-state index in [9.17, 15) is 4.79 Å². The first-order valence-corrected chi connectivity index (χ1v) is 8.75. The second-order valence-corrected chi connectivity index (χ2v) is 6.73. The van der Waals surface area contributed by atoms with Gasteiger partial charge in [-0.3, -0.25) is 9.69 Å². The zero-order valence-corrected chi connectivity index (χ0v) is 14.1. The molecule has 126 valence electrons. The van der Waals surface area contributed by atoms with Crippen LogP contribution in [-0.4, -0.2) is 77.9 Å². The number of carbonyl (C=O) groups excluding carboxylic acids is 1. The molecule has 3 heterocycles. The number of likely N-dealkylation sites (N-methyl/N-ethyl adjacent to an activating group) is 1. The Morgan fingerprint density at radius 1 is 1.22 bits per heavy atom. The minimum Gasteiger partial charge on any atom is -0.362 e. The third-order valence-electron chi connectivity index (χ3n) is 5.04. The van der Waals surface area contributed by atoms with Crippen molar-refractivity contribution in [1.82, 2.24) is 19.7 Å². The highest BCUT2D eigenvalue weighted by Crippen LogP contribution is 2.18. The number of amides is 1. The fourth-order valence-corrected chi connectivity index (χ4v) is 3.52. The molecule has 2 fully saturated rings. The van der Waals surface area contributed by atoms with E-state index in [2.05, 4.69) is 21.8 Å². The molecule has 5 nitrogen and oxygen atoms in total. The molecule has 3 rings (SSSR count). The van der Waals surface area contributed by atoms with Crippen molar-refractivity contribution in [2.24, 2.45) is 0 Å². The van der Waals surface area contributed by atoms with Crippen LogP contribution in [0.1, 0.15) is 25.0 Å². The molecule has 5 heteroatoms. The largest absolute Gasteiger partial charge is 0.362 e. The van der Waals surface area contributed by atoms with Crippen LogP contribution in [0.25, 0.3) is 6.08 Å². The Morgan fingerprint density at radius 3 is 2.78 bits per heavy atom. The summed E-state index contributed by atoms with van der Waals surface area (Å²) in [5.74, 6) is 0.139. The van der Waals surface area contributed by atoms with Crippen LogP contribution < -0.4 is 0 Å². The Bertz CT molecular complexity index is 517. The van der Waals surface area contributed by atoms with Crippen LogP contribution in [0, 0.1) is 0 Å². The maximum absolute atomic E-state index is 12.5. The number of piperazine rings is 1. The molecule has 0 spiro atoms. The molecule has 2 saturated heterocycles. The topological polar surface area (TPSA) is 42.6 Å². The minimum atomic E-state index is 0.139. The molecule has 2 aliphatic rings. The van der Waals surface area contributed by atoms with E-state index in [1.165, 1.54) is 12.8 Å². The third-order valence-corrected chi connectivity index (χ3v) is 5.04. The van der Waals surface area contributed by atoms with Crippen LogP contribution in [0.3, 0.4) is 0 Å². The first-order chi connectivity index (χ1) is 11.2. The molecule has 0 bridgehead atoms. The van der Waals surface area contributed by atoms with Crippen LogP contribution in [0.4, 0.5) is 0 Å². The molecule has 0 aliphatic carbocycles. The number of hydrogen-bond acceptors (Lipinski definition) is 3. The molecule has 1 unspecified atom stereocenters. The lowest BCUT2D eigenvalue weighted by molar-refractivity contribution is -0.126. The Kier molecular flexibility index (Phi) is 5.51. The normalized spacial score (nSPS) is 24.9. The van der Waals surface area contributed by atoms with Crippen molar-refractivity contribution >= 4 is 12.0 Å². The van der Waals surface area contributed by atoms with Gasteiger partial charge in [0.25, 0.3) is 0 Å². The highest BCUT2D eigenvalue weighted by Gasteiger charge is 2.27. The monoisotopic (exact) mass is 316 g/mol. The van der Waals surface area contributed by atoms with Crippen LogP contribution >= 0.6 is 0 Å². The summed E-state index contributed by atoms with van der Waals surface area (Å²) in [6.07, 6.45) is 9.01. The van der Waals surface area contributed by atoms with Gasteiger partial charge >= 0.3 is 0 Å². The summed E-state index contributed by atoms with van der Waals surface area (Å²) in [6, 6.07) is 4.44. The number of hydrogen-bond donors (Lipinski definition) is 1. The van der Waals surface area contributed by atoms with E-state index in [1.807, 2.05) is 29.3 Å².